The van der Waals surface area contributed by atoms with E-state index >= 15 is 0 Å². The van der Waals surface area contributed by atoms with Crippen LogP contribution < -0.4 is 11.2 Å². The Balaban J connectivity index is 2.38. The molecule has 1 heterocycles. The van der Waals surface area contributed by atoms with E-state index in [2.05, 4.69) is 4.98 Å². The first-order valence-corrected chi connectivity index (χ1v) is 6.57. The Labute approximate surface area is 129 Å². The van der Waals surface area contributed by atoms with Gasteiger partial charge < -0.3 is 5.11 Å². The van der Waals surface area contributed by atoms with Crippen LogP contribution in [0.5, 0.6) is 0 Å². The van der Waals surface area contributed by atoms with Crippen LogP contribution in [0.15, 0.2) is 40.1 Å². The summed E-state index contributed by atoms with van der Waals surface area (Å²) in [5.74, 6) is -2.27. The van der Waals surface area contributed by atoms with E-state index in [4.69, 9.17) is 0 Å². The fourth-order valence-corrected chi connectivity index (χ4v) is 2.11. The molecule has 0 aliphatic carbocycles. The number of H-pyrrole nitrogens is 1. The molecule has 2 rings (SSSR count). The molecule has 2 aromatic rings. The van der Waals surface area contributed by atoms with Crippen LogP contribution in [0, 0.1) is 17.0 Å². The first-order valence-electron chi connectivity index (χ1n) is 6.57. The normalized spacial score (nSPS) is 11.9. The van der Waals surface area contributed by atoms with Gasteiger partial charge in [-0.2, -0.15) is 0 Å². The maximum atomic E-state index is 11.8. The highest BCUT2D eigenvalue weighted by molar-refractivity contribution is 5.76. The van der Waals surface area contributed by atoms with Gasteiger partial charge >= 0.3 is 11.7 Å². The average Bonchev–Trinajstić information content (AvgIpc) is 2.49. The van der Waals surface area contributed by atoms with Crippen molar-refractivity contribution in [3.05, 3.63) is 72.5 Å². The smallest absolute Gasteiger partial charge is 0.328 e. The third-order valence-electron chi connectivity index (χ3n) is 3.37. The van der Waals surface area contributed by atoms with Crippen molar-refractivity contribution < 1.29 is 14.8 Å². The zero-order valence-corrected chi connectivity index (χ0v) is 12.1. The number of aryl methyl sites for hydroxylation is 1. The van der Waals surface area contributed by atoms with Gasteiger partial charge in [-0.25, -0.2) is 4.79 Å². The van der Waals surface area contributed by atoms with Crippen LogP contribution in [-0.2, 0) is 11.3 Å². The quantitative estimate of drug-likeness (QED) is 0.612. The minimum Gasteiger partial charge on any atom is -0.481 e. The number of aromatic nitrogens is 2. The van der Waals surface area contributed by atoms with Crippen LogP contribution in [0.3, 0.4) is 0 Å². The number of carboxylic acids is 1. The van der Waals surface area contributed by atoms with Gasteiger partial charge in [0.2, 0.25) is 0 Å². The number of carbonyl (C=O) groups is 1. The lowest BCUT2D eigenvalue weighted by Gasteiger charge is -2.14. The van der Waals surface area contributed by atoms with Crippen LogP contribution in [0.2, 0.25) is 0 Å². The molecule has 1 aromatic carbocycles. The van der Waals surface area contributed by atoms with Gasteiger partial charge in [-0.1, -0.05) is 12.1 Å². The number of carboxylic acid groups (broad SMARTS) is 1. The molecular formula is C14H13N3O6. The van der Waals surface area contributed by atoms with Crippen LogP contribution in [-0.4, -0.2) is 25.6 Å². The Morgan fingerprint density at radius 1 is 1.35 bits per heavy atom. The zero-order chi connectivity index (χ0) is 17.1. The molecule has 0 aliphatic heterocycles. The van der Waals surface area contributed by atoms with Gasteiger partial charge in [0.05, 0.1) is 10.8 Å². The number of hydrogen-bond acceptors (Lipinski definition) is 5. The molecule has 2 N–H and O–H groups in total. The van der Waals surface area contributed by atoms with Crippen LogP contribution in [0.25, 0.3) is 0 Å². The SMILES string of the molecule is Cc1cn(CC(C(=O)O)c2ccc([N+](=O)[O-])cc2)c(=O)[nH]c1=O. The fraction of sp³-hybridized carbons (Fsp3) is 0.214. The fourth-order valence-electron chi connectivity index (χ4n) is 2.11. The van der Waals surface area contributed by atoms with E-state index in [1.807, 2.05) is 0 Å². The lowest BCUT2D eigenvalue weighted by molar-refractivity contribution is -0.384. The topological polar surface area (TPSA) is 135 Å². The second-order valence-corrected chi connectivity index (χ2v) is 4.96. The van der Waals surface area contributed by atoms with Crippen molar-refractivity contribution in [2.75, 3.05) is 0 Å². The molecule has 9 nitrogen and oxygen atoms in total. The Morgan fingerprint density at radius 2 is 1.96 bits per heavy atom. The molecule has 0 bridgehead atoms. The number of nitro groups is 1. The van der Waals surface area contributed by atoms with Gasteiger partial charge in [0.25, 0.3) is 11.2 Å². The number of nitrogens with one attached hydrogen (secondary N) is 1. The van der Waals surface area contributed by atoms with Gasteiger partial charge in [0.15, 0.2) is 0 Å². The molecule has 9 heteroatoms. The zero-order valence-electron chi connectivity index (χ0n) is 12.1. The number of nitrogens with zero attached hydrogens (tertiary/aromatic N) is 2. The highest BCUT2D eigenvalue weighted by atomic mass is 16.6. The number of benzene rings is 1. The minimum absolute atomic E-state index is 0.157. The molecule has 1 atom stereocenters. The summed E-state index contributed by atoms with van der Waals surface area (Å²) in [6, 6.07) is 5.07. The van der Waals surface area contributed by atoms with E-state index in [9.17, 15) is 29.6 Å². The monoisotopic (exact) mass is 319 g/mol. The maximum Gasteiger partial charge on any atom is 0.328 e. The third kappa shape index (κ3) is 3.51. The summed E-state index contributed by atoms with van der Waals surface area (Å²) >= 11 is 0. The van der Waals surface area contributed by atoms with E-state index in [0.29, 0.717) is 5.56 Å². The number of nitro benzene ring substituents is 1. The highest BCUT2D eigenvalue weighted by Crippen LogP contribution is 2.21. The van der Waals surface area contributed by atoms with Crippen molar-refractivity contribution in [1.82, 2.24) is 9.55 Å². The molecule has 0 fully saturated rings. The van der Waals surface area contributed by atoms with Crippen LogP contribution in [0.4, 0.5) is 5.69 Å². The molecule has 0 radical (unpaired) electrons. The van der Waals surface area contributed by atoms with Crippen LogP contribution >= 0.6 is 0 Å². The number of hydrogen-bond donors (Lipinski definition) is 2. The number of aromatic amines is 1. The number of non-ortho nitro benzene ring substituents is 1. The summed E-state index contributed by atoms with van der Waals surface area (Å²) in [5.41, 5.74) is -0.812. The van der Waals surface area contributed by atoms with Gasteiger partial charge in [-0.15, -0.1) is 0 Å². The number of rotatable bonds is 5. The second-order valence-electron chi connectivity index (χ2n) is 4.96. The Hall–Kier alpha value is -3.23. The average molecular weight is 319 g/mol. The van der Waals surface area contributed by atoms with E-state index < -0.39 is 28.1 Å². The van der Waals surface area contributed by atoms with Crippen molar-refractivity contribution in [3.8, 4) is 0 Å². The predicted molar refractivity (Wildman–Crippen MR) is 79.5 cm³/mol. The van der Waals surface area contributed by atoms with Crippen molar-refractivity contribution in [2.24, 2.45) is 0 Å². The molecule has 0 aliphatic rings. The molecule has 23 heavy (non-hydrogen) atoms. The summed E-state index contributed by atoms with van der Waals surface area (Å²) in [7, 11) is 0. The van der Waals surface area contributed by atoms with Gasteiger partial charge in [-0.05, 0) is 12.5 Å². The van der Waals surface area contributed by atoms with Gasteiger partial charge in [0.1, 0.15) is 0 Å². The van der Waals surface area contributed by atoms with Gasteiger partial charge in [0, 0.05) is 30.4 Å². The van der Waals surface area contributed by atoms with E-state index in [1.54, 1.807) is 0 Å². The number of aliphatic carboxylic acids is 1. The molecular weight excluding hydrogens is 306 g/mol. The lowest BCUT2D eigenvalue weighted by Crippen LogP contribution is -2.33. The van der Waals surface area contributed by atoms with Crippen molar-refractivity contribution in [1.29, 1.82) is 0 Å². The molecule has 120 valence electrons. The Kier molecular flexibility index (Phi) is 4.39. The predicted octanol–water partition coefficient (Wildman–Crippen LogP) is 0.622. The Bertz CT molecular complexity index is 865. The molecule has 1 aromatic heterocycles. The van der Waals surface area contributed by atoms with Crippen molar-refractivity contribution >= 4 is 11.7 Å². The molecule has 1 unspecified atom stereocenters. The van der Waals surface area contributed by atoms with Crippen LogP contribution in [0.1, 0.15) is 17.0 Å². The van der Waals surface area contributed by atoms with E-state index in [0.717, 1.165) is 4.57 Å². The largest absolute Gasteiger partial charge is 0.481 e. The van der Waals surface area contributed by atoms with E-state index in [-0.39, 0.29) is 17.8 Å². The summed E-state index contributed by atoms with van der Waals surface area (Å²) in [4.78, 5) is 46.7. The Morgan fingerprint density at radius 3 is 2.48 bits per heavy atom. The van der Waals surface area contributed by atoms with Gasteiger partial charge in [-0.3, -0.25) is 29.3 Å². The first-order chi connectivity index (χ1) is 10.8. The molecule has 0 spiro atoms. The maximum absolute atomic E-state index is 11.8. The molecule has 0 amide bonds. The lowest BCUT2D eigenvalue weighted by atomic mass is 9.99. The molecule has 0 saturated heterocycles. The standard InChI is InChI=1S/C14H13N3O6/c1-8-6-16(14(21)15-12(8)18)7-11(13(19)20)9-2-4-10(5-3-9)17(22)23/h2-6,11H,7H2,1H3,(H,19,20)(H,15,18,21). The summed E-state index contributed by atoms with van der Waals surface area (Å²) < 4.78 is 1.09. The first kappa shape index (κ1) is 16.1. The van der Waals surface area contributed by atoms with Crippen molar-refractivity contribution in [3.63, 3.8) is 0 Å². The summed E-state index contributed by atoms with van der Waals surface area (Å²) in [5, 5.41) is 20.0. The second kappa shape index (κ2) is 6.26. The van der Waals surface area contributed by atoms with E-state index in [1.165, 1.54) is 37.4 Å². The third-order valence-corrected chi connectivity index (χ3v) is 3.37. The van der Waals surface area contributed by atoms with Crippen molar-refractivity contribution in [2.45, 2.75) is 19.4 Å². The summed E-state index contributed by atoms with van der Waals surface area (Å²) in [6.45, 7) is 1.29. The highest BCUT2D eigenvalue weighted by Gasteiger charge is 2.22. The minimum atomic E-state index is -1.19. The molecule has 0 saturated carbocycles. The summed E-state index contributed by atoms with van der Waals surface area (Å²) in [6.07, 6.45) is 1.28.